The molecule has 25 heavy (non-hydrogen) atoms. The second kappa shape index (κ2) is 6.73. The quantitative estimate of drug-likeness (QED) is 0.911. The average Bonchev–Trinajstić information content (AvgIpc) is 2.63. The maximum absolute atomic E-state index is 10.5. The van der Waals surface area contributed by atoms with Crippen LogP contribution < -0.4 is 4.90 Å². The normalized spacial score (nSPS) is 25.9. The molecular formula is C20H25N3O2. The zero-order valence-electron chi connectivity index (χ0n) is 14.6. The lowest BCUT2D eigenvalue weighted by atomic mass is 9.81. The minimum Gasteiger partial charge on any atom is -0.393 e. The van der Waals surface area contributed by atoms with E-state index in [9.17, 15) is 5.11 Å². The summed E-state index contributed by atoms with van der Waals surface area (Å²) in [5.74, 6) is 0.927. The molecule has 0 aliphatic carbocycles. The van der Waals surface area contributed by atoms with E-state index in [4.69, 9.17) is 4.74 Å². The van der Waals surface area contributed by atoms with E-state index in [1.54, 1.807) is 0 Å². The summed E-state index contributed by atoms with van der Waals surface area (Å²) in [6.45, 7) is 3.71. The van der Waals surface area contributed by atoms with Crippen LogP contribution in [-0.4, -0.2) is 40.1 Å². The summed E-state index contributed by atoms with van der Waals surface area (Å²) >= 11 is 0. The van der Waals surface area contributed by atoms with Crippen molar-refractivity contribution in [3.05, 3.63) is 53.7 Å². The number of aliphatic hydroxyl groups is 1. The van der Waals surface area contributed by atoms with Gasteiger partial charge in [0.1, 0.15) is 0 Å². The monoisotopic (exact) mass is 339 g/mol. The van der Waals surface area contributed by atoms with Gasteiger partial charge < -0.3 is 14.7 Å². The van der Waals surface area contributed by atoms with Crippen LogP contribution >= 0.6 is 0 Å². The first-order valence-electron chi connectivity index (χ1n) is 9.10. The van der Waals surface area contributed by atoms with E-state index in [-0.39, 0.29) is 17.8 Å². The summed E-state index contributed by atoms with van der Waals surface area (Å²) in [5.41, 5.74) is 1.86. The van der Waals surface area contributed by atoms with Gasteiger partial charge in [0.15, 0.2) is 5.82 Å². The van der Waals surface area contributed by atoms with E-state index in [1.807, 2.05) is 37.3 Å². The molecule has 1 aromatic heterocycles. The number of aromatic nitrogens is 2. The fraction of sp³-hybridized carbons (Fsp3) is 0.500. The van der Waals surface area contributed by atoms with Gasteiger partial charge in [-0.05, 0) is 37.5 Å². The molecule has 2 atom stereocenters. The molecule has 0 unspecified atom stereocenters. The first kappa shape index (κ1) is 16.5. The molecule has 5 heteroatoms. The summed E-state index contributed by atoms with van der Waals surface area (Å²) in [6, 6.07) is 14.3. The highest BCUT2D eigenvalue weighted by atomic mass is 16.5. The Morgan fingerprint density at radius 2 is 1.84 bits per heavy atom. The fourth-order valence-electron chi connectivity index (χ4n) is 4.06. The van der Waals surface area contributed by atoms with E-state index >= 15 is 0 Å². The van der Waals surface area contributed by atoms with Gasteiger partial charge in [0.05, 0.1) is 23.5 Å². The van der Waals surface area contributed by atoms with Crippen LogP contribution in [0.4, 0.5) is 5.82 Å². The molecule has 2 aromatic rings. The van der Waals surface area contributed by atoms with Crippen LogP contribution in [0, 0.1) is 6.92 Å². The molecule has 132 valence electrons. The molecule has 0 amide bonds. The largest absolute Gasteiger partial charge is 0.393 e. The third kappa shape index (κ3) is 3.53. The molecular weight excluding hydrogens is 314 g/mol. The Morgan fingerprint density at radius 1 is 1.08 bits per heavy atom. The zero-order chi connectivity index (χ0) is 17.3. The van der Waals surface area contributed by atoms with Crippen molar-refractivity contribution < 1.29 is 9.84 Å². The molecule has 0 bridgehead atoms. The Morgan fingerprint density at radius 3 is 2.52 bits per heavy atom. The molecule has 2 fully saturated rings. The van der Waals surface area contributed by atoms with Gasteiger partial charge in [0.2, 0.25) is 0 Å². The van der Waals surface area contributed by atoms with Crippen molar-refractivity contribution in [2.75, 3.05) is 18.0 Å². The van der Waals surface area contributed by atoms with Crippen LogP contribution in [0.5, 0.6) is 0 Å². The van der Waals surface area contributed by atoms with Gasteiger partial charge >= 0.3 is 0 Å². The fourth-order valence-corrected chi connectivity index (χ4v) is 4.06. The highest BCUT2D eigenvalue weighted by Gasteiger charge is 2.43. The lowest BCUT2D eigenvalue weighted by Crippen LogP contribution is -2.51. The van der Waals surface area contributed by atoms with Crippen molar-refractivity contribution >= 4 is 5.82 Å². The third-order valence-electron chi connectivity index (χ3n) is 5.44. The molecule has 1 aromatic carbocycles. The predicted octanol–water partition coefficient (Wildman–Crippen LogP) is 3.04. The third-order valence-corrected chi connectivity index (χ3v) is 5.44. The van der Waals surface area contributed by atoms with E-state index in [2.05, 4.69) is 27.2 Å². The maximum Gasteiger partial charge on any atom is 0.151 e. The Hall–Kier alpha value is -1.98. The van der Waals surface area contributed by atoms with Crippen molar-refractivity contribution in [1.29, 1.82) is 0 Å². The second-order valence-corrected chi connectivity index (χ2v) is 7.31. The predicted molar refractivity (Wildman–Crippen MR) is 96.5 cm³/mol. The standard InChI is InChI=1S/C20H25N3O2/c1-15-7-8-19(22-21-15)23-11-9-20(10-12-23)14-17(24)13-18(25-20)16-5-3-2-4-6-16/h2-8,17-18,24H,9-14H2,1H3/t17-,18+/m0/s1. The SMILES string of the molecule is Cc1ccc(N2CCC3(CC2)C[C@@H](O)C[C@H](c2ccccc2)O3)nn1. The number of rotatable bonds is 2. The Bertz CT molecular complexity index is 697. The molecule has 5 nitrogen and oxygen atoms in total. The first-order valence-corrected chi connectivity index (χ1v) is 9.10. The molecule has 4 rings (SSSR count). The van der Waals surface area contributed by atoms with Crippen molar-refractivity contribution in [2.45, 2.75) is 50.4 Å². The summed E-state index contributed by atoms with van der Waals surface area (Å²) in [6.07, 6.45) is 2.90. The lowest BCUT2D eigenvalue weighted by molar-refractivity contribution is -0.173. The second-order valence-electron chi connectivity index (χ2n) is 7.31. The molecule has 0 saturated carbocycles. The number of benzene rings is 1. The number of aliphatic hydroxyl groups excluding tert-OH is 1. The summed E-state index contributed by atoms with van der Waals surface area (Å²) in [5, 5.41) is 18.9. The van der Waals surface area contributed by atoms with Gasteiger partial charge in [-0.15, -0.1) is 5.10 Å². The van der Waals surface area contributed by atoms with Crippen molar-refractivity contribution in [2.24, 2.45) is 0 Å². The van der Waals surface area contributed by atoms with Gasteiger partial charge in [-0.25, -0.2) is 0 Å². The molecule has 3 heterocycles. The van der Waals surface area contributed by atoms with Crippen LogP contribution in [-0.2, 0) is 4.74 Å². The molecule has 2 aliphatic rings. The van der Waals surface area contributed by atoms with Crippen LogP contribution in [0.2, 0.25) is 0 Å². The number of anilines is 1. The topological polar surface area (TPSA) is 58.5 Å². The number of piperidine rings is 1. The van der Waals surface area contributed by atoms with E-state index in [0.29, 0.717) is 6.42 Å². The smallest absolute Gasteiger partial charge is 0.151 e. The van der Waals surface area contributed by atoms with Crippen molar-refractivity contribution in [1.82, 2.24) is 10.2 Å². The highest BCUT2D eigenvalue weighted by molar-refractivity contribution is 5.38. The Kier molecular flexibility index (Phi) is 4.44. The number of hydrogen-bond acceptors (Lipinski definition) is 5. The van der Waals surface area contributed by atoms with Gasteiger partial charge in [-0.1, -0.05) is 30.3 Å². The van der Waals surface area contributed by atoms with Gasteiger partial charge in [-0.3, -0.25) is 0 Å². The zero-order valence-corrected chi connectivity index (χ0v) is 14.6. The number of ether oxygens (including phenoxy) is 1. The summed E-state index contributed by atoms with van der Waals surface area (Å²) < 4.78 is 6.55. The lowest BCUT2D eigenvalue weighted by Gasteiger charge is -2.48. The van der Waals surface area contributed by atoms with Gasteiger partial charge in [0.25, 0.3) is 0 Å². The van der Waals surface area contributed by atoms with Gasteiger partial charge in [0, 0.05) is 25.9 Å². The van der Waals surface area contributed by atoms with E-state index < -0.39 is 0 Å². The van der Waals surface area contributed by atoms with E-state index in [1.165, 1.54) is 0 Å². The number of aryl methyl sites for hydroxylation is 1. The van der Waals surface area contributed by atoms with Crippen LogP contribution in [0.25, 0.3) is 0 Å². The Balaban J connectivity index is 1.46. The summed E-state index contributed by atoms with van der Waals surface area (Å²) in [7, 11) is 0. The van der Waals surface area contributed by atoms with Crippen molar-refractivity contribution in [3.8, 4) is 0 Å². The molecule has 2 saturated heterocycles. The average molecular weight is 339 g/mol. The minimum absolute atomic E-state index is 0.0179. The Labute approximate surface area is 148 Å². The number of hydrogen-bond donors (Lipinski definition) is 1. The van der Waals surface area contributed by atoms with Crippen molar-refractivity contribution in [3.63, 3.8) is 0 Å². The van der Waals surface area contributed by atoms with Gasteiger partial charge in [-0.2, -0.15) is 5.10 Å². The first-order chi connectivity index (χ1) is 12.1. The minimum atomic E-state index is -0.301. The maximum atomic E-state index is 10.5. The van der Waals surface area contributed by atoms with Crippen LogP contribution in [0.15, 0.2) is 42.5 Å². The van der Waals surface area contributed by atoms with E-state index in [0.717, 1.165) is 49.4 Å². The number of nitrogens with zero attached hydrogens (tertiary/aromatic N) is 3. The molecule has 1 N–H and O–H groups in total. The van der Waals surface area contributed by atoms with Crippen LogP contribution in [0.3, 0.4) is 0 Å². The molecule has 1 spiro atoms. The van der Waals surface area contributed by atoms with Crippen LogP contribution in [0.1, 0.15) is 43.0 Å². The highest BCUT2D eigenvalue weighted by Crippen LogP contribution is 2.43. The molecule has 2 aliphatic heterocycles. The molecule has 0 radical (unpaired) electrons. The summed E-state index contributed by atoms with van der Waals surface area (Å²) in [4.78, 5) is 2.26.